The molecule has 0 bridgehead atoms. The van der Waals surface area contributed by atoms with Gasteiger partial charge in [0.1, 0.15) is 5.69 Å². The van der Waals surface area contributed by atoms with Gasteiger partial charge >= 0.3 is 0 Å². The third kappa shape index (κ3) is 3.25. The lowest BCUT2D eigenvalue weighted by molar-refractivity contribution is 1.11. The summed E-state index contributed by atoms with van der Waals surface area (Å²) in [5.41, 5.74) is 2.21. The van der Waals surface area contributed by atoms with Gasteiger partial charge in [-0.2, -0.15) is 5.11 Å². The lowest BCUT2D eigenvalue weighted by Gasteiger charge is -2.15. The van der Waals surface area contributed by atoms with E-state index in [1.807, 2.05) is 55.4 Å². The monoisotopic (exact) mass is 293 g/mol. The normalized spacial score (nSPS) is 10.9. The van der Waals surface area contributed by atoms with E-state index in [2.05, 4.69) is 10.2 Å². The highest BCUT2D eigenvalue weighted by Gasteiger charge is 2.11. The van der Waals surface area contributed by atoms with Crippen LogP contribution < -0.4 is 4.90 Å². The lowest BCUT2D eigenvalue weighted by atomic mass is 10.2. The van der Waals surface area contributed by atoms with E-state index in [1.54, 1.807) is 6.07 Å². The first-order chi connectivity index (χ1) is 9.09. The molecule has 5 heteroatoms. The first-order valence-corrected chi connectivity index (χ1v) is 6.47. The highest BCUT2D eigenvalue weighted by Crippen LogP contribution is 2.40. The molecule has 3 nitrogen and oxygen atoms in total. The Balaban J connectivity index is 2.44. The van der Waals surface area contributed by atoms with Crippen LogP contribution in [0.15, 0.2) is 52.7 Å². The van der Waals surface area contributed by atoms with E-state index in [4.69, 9.17) is 23.2 Å². The average Bonchev–Trinajstić information content (AvgIpc) is 2.41. The Labute approximate surface area is 122 Å². The molecule has 0 fully saturated rings. The van der Waals surface area contributed by atoms with Crippen LogP contribution >= 0.6 is 23.2 Å². The van der Waals surface area contributed by atoms with Crippen molar-refractivity contribution in [2.24, 2.45) is 10.2 Å². The van der Waals surface area contributed by atoms with E-state index >= 15 is 0 Å². The van der Waals surface area contributed by atoms with Crippen LogP contribution in [0.1, 0.15) is 0 Å². The molecule has 0 spiro atoms. The number of nitrogens with zero attached hydrogens (tertiary/aromatic N) is 3. The predicted octanol–water partition coefficient (Wildman–Crippen LogP) is 5.47. The predicted molar refractivity (Wildman–Crippen MR) is 81.4 cm³/mol. The Bertz CT molecular complexity index is 595. The average molecular weight is 294 g/mol. The van der Waals surface area contributed by atoms with E-state index < -0.39 is 0 Å². The molecule has 2 rings (SSSR count). The zero-order valence-electron chi connectivity index (χ0n) is 10.6. The van der Waals surface area contributed by atoms with Crippen molar-refractivity contribution in [1.82, 2.24) is 0 Å². The molecular formula is C14H13Cl2N3. The molecule has 2 aromatic rings. The lowest BCUT2D eigenvalue weighted by Crippen LogP contribution is -2.08. The van der Waals surface area contributed by atoms with Crippen LogP contribution in [0.25, 0.3) is 0 Å². The Morgan fingerprint density at radius 2 is 1.58 bits per heavy atom. The van der Waals surface area contributed by atoms with Crippen LogP contribution in [-0.2, 0) is 0 Å². The first-order valence-electron chi connectivity index (χ1n) is 5.71. The van der Waals surface area contributed by atoms with Crippen LogP contribution in [0.4, 0.5) is 17.1 Å². The van der Waals surface area contributed by atoms with Gasteiger partial charge in [-0.1, -0.05) is 41.4 Å². The minimum atomic E-state index is 0.410. The largest absolute Gasteiger partial charge is 0.376 e. The second-order valence-electron chi connectivity index (χ2n) is 4.16. The summed E-state index contributed by atoms with van der Waals surface area (Å²) in [6, 6.07) is 13.1. The first kappa shape index (κ1) is 13.8. The van der Waals surface area contributed by atoms with Gasteiger partial charge in [0.15, 0.2) is 0 Å². The van der Waals surface area contributed by atoms with Gasteiger partial charge in [0, 0.05) is 14.1 Å². The molecule has 0 saturated carbocycles. The molecule has 0 radical (unpaired) electrons. The topological polar surface area (TPSA) is 28.0 Å². The van der Waals surface area contributed by atoms with Crippen molar-refractivity contribution in [2.45, 2.75) is 0 Å². The second-order valence-corrected chi connectivity index (χ2v) is 4.94. The van der Waals surface area contributed by atoms with E-state index in [-0.39, 0.29) is 0 Å². The summed E-state index contributed by atoms with van der Waals surface area (Å²) in [4.78, 5) is 1.92. The smallest absolute Gasteiger partial charge is 0.129 e. The molecule has 0 aromatic heterocycles. The molecule has 2 aromatic carbocycles. The maximum Gasteiger partial charge on any atom is 0.129 e. The SMILES string of the molecule is CN(C)c1ccc(Cl)c(Cl)c1N=Nc1ccccc1. The summed E-state index contributed by atoms with van der Waals surface area (Å²) in [7, 11) is 3.84. The molecule has 0 unspecified atom stereocenters. The minimum absolute atomic E-state index is 0.410. The van der Waals surface area contributed by atoms with Crippen molar-refractivity contribution >= 4 is 40.3 Å². The summed E-state index contributed by atoms with van der Waals surface area (Å²) < 4.78 is 0. The van der Waals surface area contributed by atoms with Crippen molar-refractivity contribution < 1.29 is 0 Å². The van der Waals surface area contributed by atoms with E-state index in [1.165, 1.54) is 0 Å². The maximum atomic E-state index is 6.20. The summed E-state index contributed by atoms with van der Waals surface area (Å²) >= 11 is 12.2. The highest BCUT2D eigenvalue weighted by atomic mass is 35.5. The molecule has 0 N–H and O–H groups in total. The fourth-order valence-corrected chi connectivity index (χ4v) is 1.94. The van der Waals surface area contributed by atoms with Crippen LogP contribution in [0.5, 0.6) is 0 Å². The van der Waals surface area contributed by atoms with E-state index in [0.717, 1.165) is 11.4 Å². The number of hydrogen-bond acceptors (Lipinski definition) is 3. The fraction of sp³-hybridized carbons (Fsp3) is 0.143. The van der Waals surface area contributed by atoms with Crippen LogP contribution in [0, 0.1) is 0 Å². The number of azo groups is 1. The number of benzene rings is 2. The van der Waals surface area contributed by atoms with Gasteiger partial charge in [0.05, 0.1) is 21.4 Å². The van der Waals surface area contributed by atoms with E-state index in [0.29, 0.717) is 15.7 Å². The molecular weight excluding hydrogens is 281 g/mol. The zero-order valence-corrected chi connectivity index (χ0v) is 12.2. The summed E-state index contributed by atoms with van der Waals surface area (Å²) in [6.07, 6.45) is 0. The Hall–Kier alpha value is -1.58. The Kier molecular flexibility index (Phi) is 4.40. The van der Waals surface area contributed by atoms with Gasteiger partial charge in [-0.3, -0.25) is 0 Å². The molecule has 0 atom stereocenters. The Morgan fingerprint density at radius 1 is 0.895 bits per heavy atom. The number of halogens is 2. The molecule has 98 valence electrons. The number of anilines is 1. The van der Waals surface area contributed by atoms with Crippen molar-refractivity contribution in [3.63, 3.8) is 0 Å². The molecule has 0 amide bonds. The zero-order chi connectivity index (χ0) is 13.8. The van der Waals surface area contributed by atoms with Gasteiger partial charge in [0.25, 0.3) is 0 Å². The van der Waals surface area contributed by atoms with Crippen LogP contribution in [-0.4, -0.2) is 14.1 Å². The van der Waals surface area contributed by atoms with Gasteiger partial charge in [-0.05, 0) is 24.3 Å². The molecule has 0 heterocycles. The molecule has 0 aliphatic heterocycles. The van der Waals surface area contributed by atoms with Gasteiger partial charge in [0.2, 0.25) is 0 Å². The van der Waals surface area contributed by atoms with E-state index in [9.17, 15) is 0 Å². The highest BCUT2D eigenvalue weighted by molar-refractivity contribution is 6.44. The van der Waals surface area contributed by atoms with Crippen molar-refractivity contribution in [2.75, 3.05) is 19.0 Å². The third-order valence-corrected chi connectivity index (χ3v) is 3.35. The standard InChI is InChI=1S/C14H13Cl2N3/c1-19(2)12-9-8-11(15)13(16)14(12)18-17-10-6-4-3-5-7-10/h3-9H,1-2H3. The number of rotatable bonds is 3. The van der Waals surface area contributed by atoms with Crippen molar-refractivity contribution in [1.29, 1.82) is 0 Å². The van der Waals surface area contributed by atoms with Gasteiger partial charge in [-0.15, -0.1) is 5.11 Å². The molecule has 0 aliphatic rings. The Morgan fingerprint density at radius 3 is 2.21 bits per heavy atom. The summed E-state index contributed by atoms with van der Waals surface area (Å²) in [5, 5.41) is 9.28. The second kappa shape index (κ2) is 6.04. The minimum Gasteiger partial charge on any atom is -0.376 e. The number of hydrogen-bond donors (Lipinski definition) is 0. The summed E-state index contributed by atoms with van der Waals surface area (Å²) in [5.74, 6) is 0. The van der Waals surface area contributed by atoms with Crippen molar-refractivity contribution in [3.05, 3.63) is 52.5 Å². The summed E-state index contributed by atoms with van der Waals surface area (Å²) in [6.45, 7) is 0. The van der Waals surface area contributed by atoms with Crippen LogP contribution in [0.3, 0.4) is 0 Å². The van der Waals surface area contributed by atoms with Gasteiger partial charge in [-0.25, -0.2) is 0 Å². The van der Waals surface area contributed by atoms with Crippen molar-refractivity contribution in [3.8, 4) is 0 Å². The van der Waals surface area contributed by atoms with Crippen LogP contribution in [0.2, 0.25) is 10.0 Å². The van der Waals surface area contributed by atoms with Gasteiger partial charge < -0.3 is 4.90 Å². The fourth-order valence-electron chi connectivity index (χ4n) is 1.59. The molecule has 0 aliphatic carbocycles. The molecule has 19 heavy (non-hydrogen) atoms. The molecule has 0 saturated heterocycles. The third-order valence-electron chi connectivity index (χ3n) is 2.55. The quantitative estimate of drug-likeness (QED) is 0.689. The maximum absolute atomic E-state index is 6.20.